The minimum atomic E-state index is -0.294. The fourth-order valence-electron chi connectivity index (χ4n) is 2.27. The number of hydrogen-bond donors (Lipinski definition) is 1. The van der Waals surface area contributed by atoms with E-state index in [0.29, 0.717) is 11.0 Å². The Balaban J connectivity index is 1.97. The van der Waals surface area contributed by atoms with Crippen molar-refractivity contribution in [3.05, 3.63) is 70.7 Å². The molecule has 3 aromatic rings. The Morgan fingerprint density at radius 1 is 1.19 bits per heavy atom. The number of nitrogens with two attached hydrogens (primary N) is 1. The number of benzene rings is 2. The SMILES string of the molecule is Nc1cccc(Cn2ccnc2-c2cc(F)cc(Br)c2)c1. The predicted molar refractivity (Wildman–Crippen MR) is 85.3 cm³/mol. The normalized spacial score (nSPS) is 10.8. The van der Waals surface area contributed by atoms with Gasteiger partial charge in [-0.2, -0.15) is 0 Å². The van der Waals surface area contributed by atoms with Gasteiger partial charge in [0.1, 0.15) is 11.6 Å². The summed E-state index contributed by atoms with van der Waals surface area (Å²) in [5.41, 5.74) is 8.33. The van der Waals surface area contributed by atoms with E-state index in [0.717, 1.165) is 22.6 Å². The van der Waals surface area contributed by atoms with E-state index in [9.17, 15) is 4.39 Å². The topological polar surface area (TPSA) is 43.8 Å². The highest BCUT2D eigenvalue weighted by Gasteiger charge is 2.09. The Kier molecular flexibility index (Phi) is 3.75. The molecule has 21 heavy (non-hydrogen) atoms. The lowest BCUT2D eigenvalue weighted by molar-refractivity contribution is 0.627. The maximum atomic E-state index is 13.5. The van der Waals surface area contributed by atoms with E-state index in [4.69, 9.17) is 5.73 Å². The van der Waals surface area contributed by atoms with Crippen molar-refractivity contribution in [3.8, 4) is 11.4 Å². The van der Waals surface area contributed by atoms with Crippen LogP contribution in [0.5, 0.6) is 0 Å². The van der Waals surface area contributed by atoms with Crippen LogP contribution in [0.2, 0.25) is 0 Å². The molecule has 5 heteroatoms. The van der Waals surface area contributed by atoms with Crippen molar-refractivity contribution >= 4 is 21.6 Å². The summed E-state index contributed by atoms with van der Waals surface area (Å²) >= 11 is 3.31. The molecule has 0 radical (unpaired) electrons. The largest absolute Gasteiger partial charge is 0.399 e. The Morgan fingerprint density at radius 2 is 2.05 bits per heavy atom. The molecule has 0 bridgehead atoms. The van der Waals surface area contributed by atoms with Crippen molar-refractivity contribution in [1.82, 2.24) is 9.55 Å². The van der Waals surface area contributed by atoms with Gasteiger partial charge in [-0.05, 0) is 35.9 Å². The predicted octanol–water partition coefficient (Wildman–Crippen LogP) is 4.08. The van der Waals surface area contributed by atoms with Crippen LogP contribution < -0.4 is 5.73 Å². The highest BCUT2D eigenvalue weighted by atomic mass is 79.9. The molecule has 3 rings (SSSR count). The van der Waals surface area contributed by atoms with Crippen molar-refractivity contribution in [3.63, 3.8) is 0 Å². The second kappa shape index (κ2) is 5.69. The Morgan fingerprint density at radius 3 is 2.81 bits per heavy atom. The first kappa shape index (κ1) is 13.8. The zero-order valence-corrected chi connectivity index (χ0v) is 12.7. The van der Waals surface area contributed by atoms with Crippen LogP contribution >= 0.6 is 15.9 Å². The lowest BCUT2D eigenvalue weighted by Crippen LogP contribution is -2.02. The van der Waals surface area contributed by atoms with Gasteiger partial charge >= 0.3 is 0 Å². The molecule has 0 aliphatic heterocycles. The summed E-state index contributed by atoms with van der Waals surface area (Å²) in [6.07, 6.45) is 3.58. The monoisotopic (exact) mass is 345 g/mol. The third-order valence-electron chi connectivity index (χ3n) is 3.14. The van der Waals surface area contributed by atoms with Crippen LogP contribution in [-0.4, -0.2) is 9.55 Å². The van der Waals surface area contributed by atoms with Crippen molar-refractivity contribution < 1.29 is 4.39 Å². The third-order valence-corrected chi connectivity index (χ3v) is 3.60. The summed E-state index contributed by atoms with van der Waals surface area (Å²) in [5.74, 6) is 0.426. The summed E-state index contributed by atoms with van der Waals surface area (Å²) in [6, 6.07) is 12.4. The highest BCUT2D eigenvalue weighted by Crippen LogP contribution is 2.24. The van der Waals surface area contributed by atoms with E-state index >= 15 is 0 Å². The van der Waals surface area contributed by atoms with Crippen LogP contribution in [0.4, 0.5) is 10.1 Å². The zero-order chi connectivity index (χ0) is 14.8. The molecular weight excluding hydrogens is 333 g/mol. The van der Waals surface area contributed by atoms with E-state index in [1.165, 1.54) is 12.1 Å². The molecule has 0 saturated carbocycles. The van der Waals surface area contributed by atoms with Gasteiger partial charge in [0.2, 0.25) is 0 Å². The van der Waals surface area contributed by atoms with Gasteiger partial charge < -0.3 is 10.3 Å². The summed E-state index contributed by atoms with van der Waals surface area (Å²) in [6.45, 7) is 0.633. The number of anilines is 1. The number of nitrogen functional groups attached to an aromatic ring is 1. The minimum Gasteiger partial charge on any atom is -0.399 e. The van der Waals surface area contributed by atoms with E-state index in [1.807, 2.05) is 41.1 Å². The van der Waals surface area contributed by atoms with Gasteiger partial charge in [0, 0.05) is 34.7 Å². The summed E-state index contributed by atoms with van der Waals surface area (Å²) in [4.78, 5) is 4.33. The van der Waals surface area contributed by atoms with E-state index < -0.39 is 0 Å². The first-order valence-corrected chi connectivity index (χ1v) is 7.23. The average molecular weight is 346 g/mol. The molecule has 2 aromatic carbocycles. The van der Waals surface area contributed by atoms with Gasteiger partial charge in [-0.3, -0.25) is 0 Å². The number of hydrogen-bond acceptors (Lipinski definition) is 2. The number of aromatic nitrogens is 2. The number of halogens is 2. The molecule has 1 heterocycles. The van der Waals surface area contributed by atoms with Gasteiger partial charge in [0.25, 0.3) is 0 Å². The molecule has 3 nitrogen and oxygen atoms in total. The maximum Gasteiger partial charge on any atom is 0.140 e. The first-order chi connectivity index (χ1) is 10.1. The molecule has 0 unspecified atom stereocenters. The molecule has 0 aliphatic carbocycles. The molecule has 0 amide bonds. The van der Waals surface area contributed by atoms with Crippen molar-refractivity contribution in [2.24, 2.45) is 0 Å². The third kappa shape index (κ3) is 3.13. The van der Waals surface area contributed by atoms with Gasteiger partial charge in [-0.15, -0.1) is 0 Å². The molecule has 0 aliphatic rings. The van der Waals surface area contributed by atoms with Gasteiger partial charge in [0.15, 0.2) is 0 Å². The molecule has 0 saturated heterocycles. The zero-order valence-electron chi connectivity index (χ0n) is 11.1. The molecule has 0 atom stereocenters. The fourth-order valence-corrected chi connectivity index (χ4v) is 2.73. The standard InChI is InChI=1S/C16H13BrFN3/c17-13-7-12(8-14(18)9-13)16-20-4-5-21(16)10-11-2-1-3-15(19)6-11/h1-9H,10,19H2. The molecule has 1 aromatic heterocycles. The number of rotatable bonds is 3. The van der Waals surface area contributed by atoms with Crippen LogP contribution in [0.25, 0.3) is 11.4 Å². The van der Waals surface area contributed by atoms with Crippen LogP contribution in [0.3, 0.4) is 0 Å². The second-order valence-electron chi connectivity index (χ2n) is 4.78. The maximum absolute atomic E-state index is 13.5. The van der Waals surface area contributed by atoms with Crippen molar-refractivity contribution in [2.75, 3.05) is 5.73 Å². The number of nitrogens with zero attached hydrogens (tertiary/aromatic N) is 2. The lowest BCUT2D eigenvalue weighted by Gasteiger charge is -2.09. The molecular formula is C16H13BrFN3. The molecule has 2 N–H and O–H groups in total. The smallest absolute Gasteiger partial charge is 0.140 e. The van der Waals surface area contributed by atoms with Crippen LogP contribution in [0.15, 0.2) is 59.3 Å². The fraction of sp³-hybridized carbons (Fsp3) is 0.0625. The number of imidazole rings is 1. The van der Waals surface area contributed by atoms with Crippen molar-refractivity contribution in [1.29, 1.82) is 0 Å². The van der Waals surface area contributed by atoms with E-state index in [1.54, 1.807) is 6.20 Å². The second-order valence-corrected chi connectivity index (χ2v) is 5.70. The van der Waals surface area contributed by atoms with Crippen LogP contribution in [0, 0.1) is 5.82 Å². The quantitative estimate of drug-likeness (QED) is 0.726. The van der Waals surface area contributed by atoms with Crippen molar-refractivity contribution in [2.45, 2.75) is 6.54 Å². The Hall–Kier alpha value is -2.14. The van der Waals surface area contributed by atoms with Gasteiger partial charge in [-0.1, -0.05) is 28.1 Å². The van der Waals surface area contributed by atoms with E-state index in [-0.39, 0.29) is 5.82 Å². The van der Waals surface area contributed by atoms with Crippen LogP contribution in [0.1, 0.15) is 5.56 Å². The Bertz CT molecular complexity index is 762. The summed E-state index contributed by atoms with van der Waals surface area (Å²) in [5, 5.41) is 0. The Labute approximate surface area is 130 Å². The summed E-state index contributed by atoms with van der Waals surface area (Å²) in [7, 11) is 0. The summed E-state index contributed by atoms with van der Waals surface area (Å²) < 4.78 is 16.2. The van der Waals surface area contributed by atoms with Crippen LogP contribution in [-0.2, 0) is 6.54 Å². The van der Waals surface area contributed by atoms with Gasteiger partial charge in [0.05, 0.1) is 0 Å². The van der Waals surface area contributed by atoms with E-state index in [2.05, 4.69) is 20.9 Å². The lowest BCUT2D eigenvalue weighted by atomic mass is 10.2. The molecule has 0 spiro atoms. The minimum absolute atomic E-state index is 0.294. The molecule has 106 valence electrons. The first-order valence-electron chi connectivity index (χ1n) is 6.44. The van der Waals surface area contributed by atoms with Gasteiger partial charge in [-0.25, -0.2) is 9.37 Å². The molecule has 0 fully saturated rings. The average Bonchev–Trinajstić information content (AvgIpc) is 2.85. The highest BCUT2D eigenvalue weighted by molar-refractivity contribution is 9.10.